The van der Waals surface area contributed by atoms with Crippen LogP contribution in [-0.2, 0) is 4.74 Å². The number of hydrogen-bond donors (Lipinski definition) is 0. The van der Waals surface area contributed by atoms with Gasteiger partial charge >= 0.3 is 0 Å². The smallest absolute Gasteiger partial charge is 0.0755 e. The number of hydrogen-bond acceptors (Lipinski definition) is 1. The minimum atomic E-state index is 0.328. The van der Waals surface area contributed by atoms with Gasteiger partial charge in [-0.25, -0.2) is 0 Å². The maximum atomic E-state index is 5.38. The first-order chi connectivity index (χ1) is 4.33. The van der Waals surface area contributed by atoms with Gasteiger partial charge in [-0.1, -0.05) is 13.0 Å². The molecule has 0 aliphatic carbocycles. The maximum Gasteiger partial charge on any atom is 0.0755 e. The van der Waals surface area contributed by atoms with E-state index in [1.165, 1.54) is 6.42 Å². The van der Waals surface area contributed by atoms with Crippen LogP contribution < -0.4 is 0 Å². The van der Waals surface area contributed by atoms with E-state index in [2.05, 4.69) is 13.5 Å². The Morgan fingerprint density at radius 2 is 2.44 bits per heavy atom. The molecule has 1 rings (SSSR count). The monoisotopic (exact) mass is 126 g/mol. The summed E-state index contributed by atoms with van der Waals surface area (Å²) in [6.07, 6.45) is 4.59. The predicted molar refractivity (Wildman–Crippen MR) is 38.3 cm³/mol. The van der Waals surface area contributed by atoms with Crippen molar-refractivity contribution >= 4 is 0 Å². The standard InChI is InChI=1S/C8H14O/c1-3-8-6-7(2)4-5-9-8/h3,7-8H,1,4-6H2,2H3/t7-,8+/m0/s1. The Labute approximate surface area is 56.7 Å². The molecule has 1 heteroatoms. The van der Waals surface area contributed by atoms with E-state index < -0.39 is 0 Å². The van der Waals surface area contributed by atoms with Crippen molar-refractivity contribution in [1.29, 1.82) is 0 Å². The molecule has 2 atom stereocenters. The van der Waals surface area contributed by atoms with Gasteiger partial charge in [0.05, 0.1) is 6.10 Å². The Morgan fingerprint density at radius 3 is 2.89 bits per heavy atom. The van der Waals surface area contributed by atoms with E-state index in [9.17, 15) is 0 Å². The van der Waals surface area contributed by atoms with Crippen molar-refractivity contribution in [2.75, 3.05) is 6.61 Å². The lowest BCUT2D eigenvalue weighted by molar-refractivity contribution is 0.0241. The lowest BCUT2D eigenvalue weighted by atomic mass is 9.98. The second-order valence-corrected chi connectivity index (χ2v) is 2.77. The normalized spacial score (nSPS) is 36.1. The molecule has 0 saturated carbocycles. The summed E-state index contributed by atoms with van der Waals surface area (Å²) in [5.41, 5.74) is 0. The van der Waals surface area contributed by atoms with Gasteiger partial charge in [0.15, 0.2) is 0 Å². The number of ether oxygens (including phenoxy) is 1. The average molecular weight is 126 g/mol. The van der Waals surface area contributed by atoms with Crippen molar-refractivity contribution in [1.82, 2.24) is 0 Å². The van der Waals surface area contributed by atoms with Crippen molar-refractivity contribution in [2.24, 2.45) is 5.92 Å². The largest absolute Gasteiger partial charge is 0.374 e. The van der Waals surface area contributed by atoms with Crippen molar-refractivity contribution in [2.45, 2.75) is 25.9 Å². The van der Waals surface area contributed by atoms with Crippen LogP contribution in [0.2, 0.25) is 0 Å². The van der Waals surface area contributed by atoms with Crippen LogP contribution in [-0.4, -0.2) is 12.7 Å². The summed E-state index contributed by atoms with van der Waals surface area (Å²) in [5.74, 6) is 0.821. The van der Waals surface area contributed by atoms with Crippen LogP contribution in [0.4, 0.5) is 0 Å². The van der Waals surface area contributed by atoms with Gasteiger partial charge in [0.1, 0.15) is 0 Å². The third-order valence-electron chi connectivity index (χ3n) is 1.84. The summed E-state index contributed by atoms with van der Waals surface area (Å²) in [6, 6.07) is 0. The highest BCUT2D eigenvalue weighted by Gasteiger charge is 2.15. The first kappa shape index (κ1) is 6.81. The molecular formula is C8H14O. The van der Waals surface area contributed by atoms with E-state index in [0.717, 1.165) is 18.9 Å². The van der Waals surface area contributed by atoms with Crippen LogP contribution in [0.1, 0.15) is 19.8 Å². The zero-order valence-electron chi connectivity index (χ0n) is 5.97. The SMILES string of the molecule is C=C[C@@H]1C[C@@H](C)CCO1. The van der Waals surface area contributed by atoms with Crippen LogP contribution in [0.3, 0.4) is 0 Å². The Morgan fingerprint density at radius 1 is 1.67 bits per heavy atom. The lowest BCUT2D eigenvalue weighted by Gasteiger charge is -2.24. The molecule has 0 radical (unpaired) electrons. The zero-order chi connectivity index (χ0) is 6.69. The molecular weight excluding hydrogens is 112 g/mol. The molecule has 0 amide bonds. The molecule has 0 aromatic carbocycles. The highest BCUT2D eigenvalue weighted by atomic mass is 16.5. The van der Waals surface area contributed by atoms with Gasteiger partial charge in [-0.3, -0.25) is 0 Å². The van der Waals surface area contributed by atoms with Crippen LogP contribution >= 0.6 is 0 Å². The number of rotatable bonds is 1. The first-order valence-corrected chi connectivity index (χ1v) is 3.57. The van der Waals surface area contributed by atoms with Crippen LogP contribution in [0.25, 0.3) is 0 Å². The highest BCUT2D eigenvalue weighted by Crippen LogP contribution is 2.19. The van der Waals surface area contributed by atoms with E-state index in [1.54, 1.807) is 0 Å². The first-order valence-electron chi connectivity index (χ1n) is 3.57. The topological polar surface area (TPSA) is 9.23 Å². The summed E-state index contributed by atoms with van der Waals surface area (Å²) < 4.78 is 5.38. The van der Waals surface area contributed by atoms with Gasteiger partial charge in [-0.2, -0.15) is 0 Å². The minimum absolute atomic E-state index is 0.328. The molecule has 0 aromatic rings. The summed E-state index contributed by atoms with van der Waals surface area (Å²) in [4.78, 5) is 0. The van der Waals surface area contributed by atoms with Crippen molar-refractivity contribution in [3.63, 3.8) is 0 Å². The highest BCUT2D eigenvalue weighted by molar-refractivity contribution is 4.83. The average Bonchev–Trinajstić information content (AvgIpc) is 1.88. The molecule has 0 bridgehead atoms. The maximum absolute atomic E-state index is 5.38. The van der Waals surface area contributed by atoms with Gasteiger partial charge in [0.25, 0.3) is 0 Å². The van der Waals surface area contributed by atoms with Crippen molar-refractivity contribution in [3.8, 4) is 0 Å². The summed E-state index contributed by atoms with van der Waals surface area (Å²) >= 11 is 0. The fourth-order valence-corrected chi connectivity index (χ4v) is 1.17. The third-order valence-corrected chi connectivity index (χ3v) is 1.84. The molecule has 1 aliphatic heterocycles. The summed E-state index contributed by atoms with van der Waals surface area (Å²) in [6.45, 7) is 6.87. The summed E-state index contributed by atoms with van der Waals surface area (Å²) in [7, 11) is 0. The second-order valence-electron chi connectivity index (χ2n) is 2.77. The molecule has 0 aromatic heterocycles. The van der Waals surface area contributed by atoms with E-state index in [-0.39, 0.29) is 0 Å². The Bertz CT molecular complexity index is 98.7. The lowest BCUT2D eigenvalue weighted by Crippen LogP contribution is -2.21. The molecule has 9 heavy (non-hydrogen) atoms. The van der Waals surface area contributed by atoms with E-state index in [4.69, 9.17) is 4.74 Å². The minimum Gasteiger partial charge on any atom is -0.374 e. The molecule has 1 saturated heterocycles. The second kappa shape index (κ2) is 3.02. The van der Waals surface area contributed by atoms with Crippen LogP contribution in [0, 0.1) is 5.92 Å². The molecule has 0 spiro atoms. The quantitative estimate of drug-likeness (QED) is 0.488. The van der Waals surface area contributed by atoms with Gasteiger partial charge < -0.3 is 4.74 Å². The van der Waals surface area contributed by atoms with Gasteiger partial charge in [0.2, 0.25) is 0 Å². The third kappa shape index (κ3) is 1.83. The van der Waals surface area contributed by atoms with Crippen LogP contribution in [0.5, 0.6) is 0 Å². The van der Waals surface area contributed by atoms with Crippen LogP contribution in [0.15, 0.2) is 12.7 Å². The van der Waals surface area contributed by atoms with Gasteiger partial charge in [-0.15, -0.1) is 6.58 Å². The van der Waals surface area contributed by atoms with E-state index in [1.807, 2.05) is 6.08 Å². The van der Waals surface area contributed by atoms with Gasteiger partial charge in [-0.05, 0) is 18.8 Å². The van der Waals surface area contributed by atoms with Gasteiger partial charge in [0, 0.05) is 6.61 Å². The fourth-order valence-electron chi connectivity index (χ4n) is 1.17. The molecule has 0 N–H and O–H groups in total. The molecule has 1 aliphatic rings. The van der Waals surface area contributed by atoms with Crippen molar-refractivity contribution in [3.05, 3.63) is 12.7 Å². The summed E-state index contributed by atoms with van der Waals surface area (Å²) in [5, 5.41) is 0. The van der Waals surface area contributed by atoms with Crippen molar-refractivity contribution < 1.29 is 4.74 Å². The molecule has 1 fully saturated rings. The Kier molecular flexibility index (Phi) is 2.29. The Balaban J connectivity index is 2.31. The van der Waals surface area contributed by atoms with E-state index in [0.29, 0.717) is 6.10 Å². The molecule has 1 heterocycles. The zero-order valence-corrected chi connectivity index (χ0v) is 5.97. The van der Waals surface area contributed by atoms with E-state index >= 15 is 0 Å². The fraction of sp³-hybridized carbons (Fsp3) is 0.750. The Hall–Kier alpha value is -0.300. The molecule has 52 valence electrons. The predicted octanol–water partition coefficient (Wildman–Crippen LogP) is 1.99. The molecule has 1 nitrogen and oxygen atoms in total. The molecule has 0 unspecified atom stereocenters.